The second-order valence-corrected chi connectivity index (χ2v) is 7.54. The molecule has 3 aromatic rings. The monoisotopic (exact) mass is 432 g/mol. The van der Waals surface area contributed by atoms with Crippen molar-refractivity contribution in [3.63, 3.8) is 0 Å². The molecule has 0 unspecified atom stereocenters. The zero-order valence-electron chi connectivity index (χ0n) is 15.6. The number of hydrogen-bond acceptors (Lipinski definition) is 5. The van der Waals surface area contributed by atoms with Crippen LogP contribution in [0.1, 0.15) is 23.1 Å². The number of ketones is 1. The highest BCUT2D eigenvalue weighted by Crippen LogP contribution is 2.24. The second kappa shape index (κ2) is 9.67. The predicted octanol–water partition coefficient (Wildman–Crippen LogP) is 3.71. The molecule has 0 atom stereocenters. The van der Waals surface area contributed by atoms with Crippen LogP contribution in [0.4, 0.5) is 4.39 Å². The van der Waals surface area contributed by atoms with E-state index in [9.17, 15) is 14.0 Å². The Morgan fingerprint density at radius 1 is 1.10 bits per heavy atom. The van der Waals surface area contributed by atoms with Crippen LogP contribution in [0.2, 0.25) is 5.02 Å². The Balaban J connectivity index is 1.80. The van der Waals surface area contributed by atoms with Gasteiger partial charge in [-0.25, -0.2) is 4.39 Å². The number of nitrogens with one attached hydrogen (secondary N) is 1. The summed E-state index contributed by atoms with van der Waals surface area (Å²) < 4.78 is 14.9. The van der Waals surface area contributed by atoms with Crippen molar-refractivity contribution in [2.45, 2.75) is 18.5 Å². The van der Waals surface area contributed by atoms with Gasteiger partial charge in [-0.3, -0.25) is 14.2 Å². The van der Waals surface area contributed by atoms with Crippen LogP contribution < -0.4 is 5.32 Å². The molecule has 1 aromatic heterocycles. The number of carbonyl (C=O) groups is 2. The van der Waals surface area contributed by atoms with Gasteiger partial charge >= 0.3 is 0 Å². The Kier molecular flexibility index (Phi) is 7.00. The molecule has 6 nitrogen and oxygen atoms in total. The van der Waals surface area contributed by atoms with E-state index in [0.717, 1.165) is 5.69 Å². The Hall–Kier alpha value is -2.71. The Morgan fingerprint density at radius 3 is 2.45 bits per heavy atom. The first-order chi connectivity index (χ1) is 13.9. The molecule has 9 heteroatoms. The summed E-state index contributed by atoms with van der Waals surface area (Å²) in [4.78, 5) is 23.5. The van der Waals surface area contributed by atoms with Crippen LogP contribution in [-0.4, -0.2) is 38.8 Å². The second-order valence-electron chi connectivity index (χ2n) is 6.16. The summed E-state index contributed by atoms with van der Waals surface area (Å²) in [6.45, 7) is 1.87. The van der Waals surface area contributed by atoms with E-state index >= 15 is 0 Å². The zero-order valence-corrected chi connectivity index (χ0v) is 17.1. The number of Topliss-reactive ketones (excluding diaryl/α,β-unsaturated/α-hetero) is 1. The van der Waals surface area contributed by atoms with Gasteiger partial charge in [0.2, 0.25) is 5.91 Å². The van der Waals surface area contributed by atoms with Gasteiger partial charge in [0.05, 0.1) is 5.75 Å². The lowest BCUT2D eigenvalue weighted by Gasteiger charge is -2.10. The van der Waals surface area contributed by atoms with Gasteiger partial charge in [0.1, 0.15) is 11.6 Å². The van der Waals surface area contributed by atoms with E-state index in [4.69, 9.17) is 11.6 Å². The molecule has 0 aliphatic heterocycles. The standard InChI is InChI=1S/C20H18ClFN4O2S/c1-13(27)23-11-10-19-24-25-20(26(19)17-8-4-15(21)5-9-17)29-12-18(28)14-2-6-16(22)7-3-14/h2-9H,10-12H2,1H3,(H,23,27). The van der Waals surface area contributed by atoms with Crippen LogP contribution in [0.15, 0.2) is 53.7 Å². The molecular weight excluding hydrogens is 415 g/mol. The highest BCUT2D eigenvalue weighted by atomic mass is 35.5. The molecule has 0 fully saturated rings. The lowest BCUT2D eigenvalue weighted by Crippen LogP contribution is -2.23. The highest BCUT2D eigenvalue weighted by Gasteiger charge is 2.16. The molecule has 1 heterocycles. The van der Waals surface area contributed by atoms with Gasteiger partial charge in [0, 0.05) is 36.2 Å². The summed E-state index contributed by atoms with van der Waals surface area (Å²) >= 11 is 7.23. The van der Waals surface area contributed by atoms with Crippen molar-refractivity contribution in [1.82, 2.24) is 20.1 Å². The lowest BCUT2D eigenvalue weighted by molar-refractivity contribution is -0.118. The summed E-state index contributed by atoms with van der Waals surface area (Å²) in [6, 6.07) is 12.6. The van der Waals surface area contributed by atoms with Crippen LogP contribution in [0, 0.1) is 5.82 Å². The van der Waals surface area contributed by atoms with Crippen LogP contribution in [0.25, 0.3) is 5.69 Å². The Morgan fingerprint density at radius 2 is 1.79 bits per heavy atom. The average molecular weight is 433 g/mol. The average Bonchev–Trinajstić information content (AvgIpc) is 3.10. The van der Waals surface area contributed by atoms with Gasteiger partial charge in [-0.05, 0) is 48.5 Å². The minimum Gasteiger partial charge on any atom is -0.356 e. The lowest BCUT2D eigenvalue weighted by atomic mass is 10.1. The van der Waals surface area contributed by atoms with Crippen molar-refractivity contribution < 1.29 is 14.0 Å². The molecule has 0 saturated carbocycles. The molecule has 1 N–H and O–H groups in total. The van der Waals surface area contributed by atoms with Gasteiger partial charge in [-0.1, -0.05) is 23.4 Å². The van der Waals surface area contributed by atoms with Gasteiger partial charge in [0.25, 0.3) is 0 Å². The van der Waals surface area contributed by atoms with E-state index in [0.29, 0.717) is 34.5 Å². The van der Waals surface area contributed by atoms with Crippen LogP contribution in [0.3, 0.4) is 0 Å². The molecule has 0 aliphatic carbocycles. The smallest absolute Gasteiger partial charge is 0.216 e. The number of nitrogens with zero attached hydrogens (tertiary/aromatic N) is 3. The van der Waals surface area contributed by atoms with Crippen molar-refractivity contribution in [1.29, 1.82) is 0 Å². The number of halogens is 2. The molecule has 0 spiro atoms. The summed E-state index contributed by atoms with van der Waals surface area (Å²) in [6.07, 6.45) is 0.474. The highest BCUT2D eigenvalue weighted by molar-refractivity contribution is 7.99. The van der Waals surface area contributed by atoms with Gasteiger partial charge < -0.3 is 5.32 Å². The number of rotatable bonds is 8. The summed E-state index contributed by atoms with van der Waals surface area (Å²) in [5.41, 5.74) is 1.23. The first-order valence-electron chi connectivity index (χ1n) is 8.80. The fraction of sp³-hybridized carbons (Fsp3) is 0.200. The van der Waals surface area contributed by atoms with Crippen molar-refractivity contribution in [2.75, 3.05) is 12.3 Å². The SMILES string of the molecule is CC(=O)NCCc1nnc(SCC(=O)c2ccc(F)cc2)n1-c1ccc(Cl)cc1. The van der Waals surface area contributed by atoms with Crippen molar-refractivity contribution in [3.05, 3.63) is 70.8 Å². The molecule has 0 saturated heterocycles. The molecule has 0 radical (unpaired) electrons. The predicted molar refractivity (Wildman–Crippen MR) is 110 cm³/mol. The summed E-state index contributed by atoms with van der Waals surface area (Å²) in [7, 11) is 0. The third-order valence-electron chi connectivity index (χ3n) is 4.01. The largest absolute Gasteiger partial charge is 0.356 e. The van der Waals surface area contributed by atoms with E-state index in [1.165, 1.54) is 43.0 Å². The third-order valence-corrected chi connectivity index (χ3v) is 5.19. The summed E-state index contributed by atoms with van der Waals surface area (Å²) in [5.74, 6) is 0.129. The normalized spacial score (nSPS) is 10.7. The van der Waals surface area contributed by atoms with Crippen molar-refractivity contribution >= 4 is 35.1 Å². The van der Waals surface area contributed by atoms with Crippen molar-refractivity contribution in [3.8, 4) is 5.69 Å². The zero-order chi connectivity index (χ0) is 20.8. The molecule has 0 aliphatic rings. The molecule has 29 heavy (non-hydrogen) atoms. The van der Waals surface area contributed by atoms with E-state index in [2.05, 4.69) is 15.5 Å². The first-order valence-corrected chi connectivity index (χ1v) is 10.2. The molecule has 150 valence electrons. The van der Waals surface area contributed by atoms with Crippen LogP contribution >= 0.6 is 23.4 Å². The van der Waals surface area contributed by atoms with E-state index in [1.54, 1.807) is 12.1 Å². The minimum atomic E-state index is -0.388. The topological polar surface area (TPSA) is 76.9 Å². The first kappa shape index (κ1) is 21.0. The maximum atomic E-state index is 13.1. The third kappa shape index (κ3) is 5.65. The number of thioether (sulfide) groups is 1. The van der Waals surface area contributed by atoms with E-state index < -0.39 is 0 Å². The van der Waals surface area contributed by atoms with Gasteiger partial charge in [-0.2, -0.15) is 0 Å². The molecular formula is C20H18ClFN4O2S. The fourth-order valence-corrected chi connectivity index (χ4v) is 3.60. The molecule has 2 aromatic carbocycles. The number of benzene rings is 2. The maximum absolute atomic E-state index is 13.1. The summed E-state index contributed by atoms with van der Waals surface area (Å²) in [5, 5.41) is 12.3. The number of hydrogen-bond donors (Lipinski definition) is 1. The fourth-order valence-electron chi connectivity index (χ4n) is 2.60. The van der Waals surface area contributed by atoms with Gasteiger partial charge in [-0.15, -0.1) is 10.2 Å². The number of aromatic nitrogens is 3. The molecule has 0 bridgehead atoms. The molecule has 1 amide bonds. The van der Waals surface area contributed by atoms with Gasteiger partial charge in [0.15, 0.2) is 10.9 Å². The van der Waals surface area contributed by atoms with Crippen LogP contribution in [0.5, 0.6) is 0 Å². The minimum absolute atomic E-state index is 0.123. The van der Waals surface area contributed by atoms with Crippen molar-refractivity contribution in [2.24, 2.45) is 0 Å². The molecule has 3 rings (SSSR count). The Labute approximate surface area is 176 Å². The maximum Gasteiger partial charge on any atom is 0.216 e. The Bertz CT molecular complexity index is 1010. The van der Waals surface area contributed by atoms with E-state index in [-0.39, 0.29) is 23.3 Å². The number of carbonyl (C=O) groups excluding carboxylic acids is 2. The number of amides is 1. The quantitative estimate of drug-likeness (QED) is 0.433. The van der Waals surface area contributed by atoms with E-state index in [1.807, 2.05) is 16.7 Å². The van der Waals surface area contributed by atoms with Crippen LogP contribution in [-0.2, 0) is 11.2 Å².